The summed E-state index contributed by atoms with van der Waals surface area (Å²) in [5, 5.41) is 24.6. The normalized spacial score (nSPS) is 9.85. The van der Waals surface area contributed by atoms with E-state index >= 15 is 0 Å². The average molecular weight is 325 g/mol. The number of carboxylic acid groups (broad SMARTS) is 3. The van der Waals surface area contributed by atoms with Crippen LogP contribution in [-0.4, -0.2) is 33.2 Å². The molecule has 3 N–H and O–H groups in total. The largest absolute Gasteiger partial charge is 0.481 e. The van der Waals surface area contributed by atoms with Crippen molar-refractivity contribution in [2.45, 2.75) is 19.8 Å². The average Bonchev–Trinajstić information content (AvgIpc) is 2.28. The molecule has 0 aliphatic carbocycles. The Morgan fingerprint density at radius 1 is 1.05 bits per heavy atom. The van der Waals surface area contributed by atoms with Crippen LogP contribution in [0.2, 0.25) is 0 Å². The standard InChI is InChI=1S/C7H8Cl2O2.C5H6O4/c1-2-5(7(10)11)3-4-6(8)9;1-3(5(8)9)2-4(6)7/h3-4H,2H2,1H3,(H,10,11);1-2H2,(H,6,7)(H,8,9). The van der Waals surface area contributed by atoms with Crippen LogP contribution in [-0.2, 0) is 14.4 Å². The Bertz CT molecular complexity index is 447. The molecule has 0 aromatic carbocycles. The van der Waals surface area contributed by atoms with E-state index < -0.39 is 24.3 Å². The third-order valence-electron chi connectivity index (χ3n) is 1.73. The Balaban J connectivity index is 0. The molecule has 0 aliphatic rings. The van der Waals surface area contributed by atoms with Crippen LogP contribution in [0.3, 0.4) is 0 Å². The fraction of sp³-hybridized carbons (Fsp3) is 0.250. The van der Waals surface area contributed by atoms with E-state index in [4.69, 9.17) is 38.5 Å². The van der Waals surface area contributed by atoms with Crippen LogP contribution in [0.1, 0.15) is 19.8 Å². The van der Waals surface area contributed by atoms with Gasteiger partial charge in [-0.3, -0.25) is 4.79 Å². The molecular weight excluding hydrogens is 311 g/mol. The molecule has 6 nitrogen and oxygen atoms in total. The molecule has 0 heterocycles. The van der Waals surface area contributed by atoms with Gasteiger partial charge in [-0.15, -0.1) is 0 Å². The van der Waals surface area contributed by atoms with E-state index in [1.807, 2.05) is 0 Å². The lowest BCUT2D eigenvalue weighted by Gasteiger charge is -1.92. The van der Waals surface area contributed by atoms with Gasteiger partial charge in [0.1, 0.15) is 4.49 Å². The van der Waals surface area contributed by atoms with Crippen molar-refractivity contribution in [3.8, 4) is 0 Å². The van der Waals surface area contributed by atoms with Crippen LogP contribution in [0.4, 0.5) is 0 Å². The molecule has 0 fully saturated rings. The van der Waals surface area contributed by atoms with E-state index in [0.717, 1.165) is 0 Å². The predicted octanol–water partition coefficient (Wildman–Crippen LogP) is 2.83. The smallest absolute Gasteiger partial charge is 0.331 e. The van der Waals surface area contributed by atoms with E-state index in [1.54, 1.807) is 6.92 Å². The van der Waals surface area contributed by atoms with Gasteiger partial charge in [-0.05, 0) is 18.6 Å². The maximum absolute atomic E-state index is 10.4. The zero-order valence-corrected chi connectivity index (χ0v) is 12.1. The second kappa shape index (κ2) is 11.1. The van der Waals surface area contributed by atoms with Gasteiger partial charge in [-0.2, -0.15) is 0 Å². The van der Waals surface area contributed by atoms with E-state index in [2.05, 4.69) is 6.58 Å². The summed E-state index contributed by atoms with van der Waals surface area (Å²) in [6, 6.07) is 0. The topological polar surface area (TPSA) is 112 Å². The molecule has 0 saturated heterocycles. The number of carboxylic acids is 3. The van der Waals surface area contributed by atoms with Crippen LogP contribution in [0.5, 0.6) is 0 Å². The summed E-state index contributed by atoms with van der Waals surface area (Å²) >= 11 is 10.5. The van der Waals surface area contributed by atoms with Gasteiger partial charge in [0.05, 0.1) is 6.42 Å². The molecule has 0 atom stereocenters. The third-order valence-corrected chi connectivity index (χ3v) is 1.99. The van der Waals surface area contributed by atoms with Crippen molar-refractivity contribution in [1.29, 1.82) is 0 Å². The van der Waals surface area contributed by atoms with Crippen LogP contribution in [0.15, 0.2) is 34.4 Å². The van der Waals surface area contributed by atoms with Gasteiger partial charge in [-0.1, -0.05) is 36.7 Å². The van der Waals surface area contributed by atoms with E-state index in [9.17, 15) is 14.4 Å². The maximum atomic E-state index is 10.4. The lowest BCUT2D eigenvalue weighted by molar-refractivity contribution is -0.139. The summed E-state index contributed by atoms with van der Waals surface area (Å²) in [5.74, 6) is -3.39. The van der Waals surface area contributed by atoms with Gasteiger partial charge in [0, 0.05) is 11.1 Å². The van der Waals surface area contributed by atoms with Crippen LogP contribution >= 0.6 is 23.2 Å². The minimum atomic E-state index is -1.27. The Labute approximate surface area is 125 Å². The molecule has 112 valence electrons. The second-order valence-electron chi connectivity index (χ2n) is 3.29. The third kappa shape index (κ3) is 12.7. The first-order chi connectivity index (χ1) is 9.11. The first kappa shape index (κ1) is 20.5. The van der Waals surface area contributed by atoms with Gasteiger partial charge in [0.25, 0.3) is 0 Å². The maximum Gasteiger partial charge on any atom is 0.331 e. The summed E-state index contributed by atoms with van der Waals surface area (Å²) < 4.78 is 0.0530. The molecule has 0 aliphatic heterocycles. The van der Waals surface area contributed by atoms with E-state index in [-0.39, 0.29) is 15.6 Å². The highest BCUT2D eigenvalue weighted by Crippen LogP contribution is 2.08. The minimum Gasteiger partial charge on any atom is -0.481 e. The fourth-order valence-electron chi connectivity index (χ4n) is 0.762. The number of hydrogen-bond acceptors (Lipinski definition) is 3. The van der Waals surface area contributed by atoms with E-state index in [1.165, 1.54) is 12.2 Å². The Hall–Kier alpha value is -1.79. The quantitative estimate of drug-likeness (QED) is 0.511. The predicted molar refractivity (Wildman–Crippen MR) is 74.8 cm³/mol. The molecule has 0 aromatic heterocycles. The summed E-state index contributed by atoms with van der Waals surface area (Å²) in [4.78, 5) is 30.0. The molecule has 8 heteroatoms. The lowest BCUT2D eigenvalue weighted by atomic mass is 10.2. The molecule has 0 amide bonds. The molecule has 20 heavy (non-hydrogen) atoms. The SMILES string of the molecule is C=C(CC(=O)O)C(=O)O.CCC(=CC=C(Cl)Cl)C(=O)O. The molecule has 0 spiro atoms. The van der Waals surface area contributed by atoms with Crippen molar-refractivity contribution in [1.82, 2.24) is 0 Å². The Morgan fingerprint density at radius 3 is 1.75 bits per heavy atom. The van der Waals surface area contributed by atoms with Crippen molar-refractivity contribution in [2.24, 2.45) is 0 Å². The molecule has 0 bridgehead atoms. The summed E-state index contributed by atoms with van der Waals surface area (Å²) in [7, 11) is 0. The van der Waals surface area contributed by atoms with Crippen molar-refractivity contribution in [2.75, 3.05) is 0 Å². The van der Waals surface area contributed by atoms with Crippen LogP contribution in [0.25, 0.3) is 0 Å². The van der Waals surface area contributed by atoms with Crippen molar-refractivity contribution in [3.05, 3.63) is 34.4 Å². The zero-order chi connectivity index (χ0) is 16.3. The van der Waals surface area contributed by atoms with Crippen LogP contribution in [0, 0.1) is 0 Å². The van der Waals surface area contributed by atoms with Crippen LogP contribution < -0.4 is 0 Å². The number of aliphatic carboxylic acids is 3. The first-order valence-electron chi connectivity index (χ1n) is 5.19. The second-order valence-corrected chi connectivity index (χ2v) is 4.29. The summed E-state index contributed by atoms with van der Waals surface area (Å²) in [6.45, 7) is 4.76. The number of carbonyl (C=O) groups is 3. The number of rotatable bonds is 6. The highest BCUT2D eigenvalue weighted by molar-refractivity contribution is 6.56. The summed E-state index contributed by atoms with van der Waals surface area (Å²) in [6.07, 6.45) is 2.68. The number of hydrogen-bond donors (Lipinski definition) is 3. The molecule has 0 aromatic rings. The fourth-order valence-corrected chi connectivity index (χ4v) is 0.888. The molecular formula is C12H14Cl2O6. The molecule has 0 unspecified atom stereocenters. The van der Waals surface area contributed by atoms with Gasteiger partial charge < -0.3 is 15.3 Å². The Morgan fingerprint density at radius 2 is 1.55 bits per heavy atom. The van der Waals surface area contributed by atoms with Gasteiger partial charge >= 0.3 is 17.9 Å². The monoisotopic (exact) mass is 324 g/mol. The van der Waals surface area contributed by atoms with Gasteiger partial charge in [0.15, 0.2) is 0 Å². The minimum absolute atomic E-state index is 0.0530. The molecule has 0 rings (SSSR count). The van der Waals surface area contributed by atoms with Crippen molar-refractivity contribution >= 4 is 41.1 Å². The van der Waals surface area contributed by atoms with Crippen molar-refractivity contribution in [3.63, 3.8) is 0 Å². The zero-order valence-electron chi connectivity index (χ0n) is 10.6. The molecule has 0 radical (unpaired) electrons. The molecule has 0 saturated carbocycles. The van der Waals surface area contributed by atoms with Gasteiger partial charge in [-0.25, -0.2) is 9.59 Å². The lowest BCUT2D eigenvalue weighted by Crippen LogP contribution is -2.04. The van der Waals surface area contributed by atoms with E-state index in [0.29, 0.717) is 6.42 Å². The first-order valence-corrected chi connectivity index (χ1v) is 5.95. The van der Waals surface area contributed by atoms with Crippen molar-refractivity contribution < 1.29 is 29.7 Å². The highest BCUT2D eigenvalue weighted by Gasteiger charge is 2.07. The Kier molecular flexibility index (Phi) is 11.4. The summed E-state index contributed by atoms with van der Waals surface area (Å²) in [5.41, 5.74) is -0.0219. The highest BCUT2D eigenvalue weighted by atomic mass is 35.5. The van der Waals surface area contributed by atoms with Gasteiger partial charge in [0.2, 0.25) is 0 Å². The number of allylic oxidation sites excluding steroid dienone is 2. The number of halogens is 2.